The first-order valence-electron chi connectivity index (χ1n) is 11.6. The SMILES string of the molecule is CC1C[C@H]2CC[C@@H](C(=O)N3CC(c4cccnc4)C3)N2C(=O)[C@@H](NC(=O)OC(C)(C)C)C1. The van der Waals surface area contributed by atoms with Gasteiger partial charge in [0.05, 0.1) is 0 Å². The summed E-state index contributed by atoms with van der Waals surface area (Å²) < 4.78 is 5.37. The molecule has 4 rings (SSSR count). The largest absolute Gasteiger partial charge is 0.444 e. The molecule has 0 aliphatic carbocycles. The van der Waals surface area contributed by atoms with Crippen LogP contribution in [0.2, 0.25) is 0 Å². The van der Waals surface area contributed by atoms with Gasteiger partial charge in [0.25, 0.3) is 0 Å². The maximum atomic E-state index is 13.5. The number of rotatable bonds is 3. The Morgan fingerprint density at radius 3 is 2.59 bits per heavy atom. The number of carbonyl (C=O) groups is 3. The second-order valence-electron chi connectivity index (χ2n) is 10.5. The van der Waals surface area contributed by atoms with Crippen molar-refractivity contribution in [3.8, 4) is 0 Å². The Bertz CT molecular complexity index is 863. The van der Waals surface area contributed by atoms with Gasteiger partial charge in [0.15, 0.2) is 0 Å². The van der Waals surface area contributed by atoms with Crippen LogP contribution in [0.15, 0.2) is 24.5 Å². The molecule has 0 aromatic carbocycles. The lowest BCUT2D eigenvalue weighted by Gasteiger charge is -2.42. The van der Waals surface area contributed by atoms with Crippen molar-refractivity contribution in [1.29, 1.82) is 0 Å². The molecule has 3 saturated heterocycles. The summed E-state index contributed by atoms with van der Waals surface area (Å²) in [4.78, 5) is 46.9. The van der Waals surface area contributed by atoms with E-state index in [9.17, 15) is 14.4 Å². The number of likely N-dealkylation sites (tertiary alicyclic amines) is 1. The number of amides is 3. The van der Waals surface area contributed by atoms with Crippen molar-refractivity contribution in [3.63, 3.8) is 0 Å². The highest BCUT2D eigenvalue weighted by atomic mass is 16.6. The smallest absolute Gasteiger partial charge is 0.408 e. The van der Waals surface area contributed by atoms with Crippen molar-refractivity contribution in [2.24, 2.45) is 5.92 Å². The third-order valence-corrected chi connectivity index (χ3v) is 6.69. The Labute approximate surface area is 189 Å². The first kappa shape index (κ1) is 22.6. The summed E-state index contributed by atoms with van der Waals surface area (Å²) >= 11 is 0. The quantitative estimate of drug-likeness (QED) is 0.777. The Balaban J connectivity index is 1.43. The average Bonchev–Trinajstić information content (AvgIpc) is 3.03. The van der Waals surface area contributed by atoms with Gasteiger partial charge in [0.1, 0.15) is 17.7 Å². The van der Waals surface area contributed by atoms with Gasteiger partial charge in [-0.25, -0.2) is 4.79 Å². The summed E-state index contributed by atoms with van der Waals surface area (Å²) in [6, 6.07) is 2.88. The van der Waals surface area contributed by atoms with E-state index in [-0.39, 0.29) is 23.8 Å². The number of pyridine rings is 1. The molecule has 32 heavy (non-hydrogen) atoms. The van der Waals surface area contributed by atoms with E-state index >= 15 is 0 Å². The van der Waals surface area contributed by atoms with Crippen LogP contribution in [0.4, 0.5) is 4.79 Å². The molecule has 1 aromatic heterocycles. The van der Waals surface area contributed by atoms with Crippen LogP contribution in [0, 0.1) is 5.92 Å². The van der Waals surface area contributed by atoms with Gasteiger partial charge in [-0.3, -0.25) is 14.6 Å². The molecule has 3 aliphatic heterocycles. The molecule has 3 aliphatic rings. The number of hydrogen-bond donors (Lipinski definition) is 1. The van der Waals surface area contributed by atoms with Crippen LogP contribution in [-0.2, 0) is 14.3 Å². The second kappa shape index (κ2) is 8.71. The normalized spacial score (nSPS) is 28.6. The lowest BCUT2D eigenvalue weighted by Crippen LogP contribution is -2.58. The summed E-state index contributed by atoms with van der Waals surface area (Å²) in [7, 11) is 0. The van der Waals surface area contributed by atoms with Crippen LogP contribution >= 0.6 is 0 Å². The minimum absolute atomic E-state index is 0.0200. The van der Waals surface area contributed by atoms with Gasteiger partial charge >= 0.3 is 6.09 Å². The van der Waals surface area contributed by atoms with Crippen molar-refractivity contribution in [2.45, 2.75) is 83.0 Å². The predicted molar refractivity (Wildman–Crippen MR) is 119 cm³/mol. The van der Waals surface area contributed by atoms with Crippen LogP contribution in [-0.4, -0.2) is 69.5 Å². The zero-order chi connectivity index (χ0) is 23.0. The predicted octanol–water partition coefficient (Wildman–Crippen LogP) is 2.69. The monoisotopic (exact) mass is 442 g/mol. The summed E-state index contributed by atoms with van der Waals surface area (Å²) in [6.07, 6.45) is 5.91. The van der Waals surface area contributed by atoms with Gasteiger partial charge in [0.2, 0.25) is 11.8 Å². The van der Waals surface area contributed by atoms with Crippen molar-refractivity contribution in [3.05, 3.63) is 30.1 Å². The zero-order valence-electron chi connectivity index (χ0n) is 19.4. The maximum Gasteiger partial charge on any atom is 0.408 e. The molecule has 3 fully saturated rings. The lowest BCUT2D eigenvalue weighted by molar-refractivity contribution is -0.148. The van der Waals surface area contributed by atoms with E-state index in [2.05, 4.69) is 17.2 Å². The molecule has 4 heterocycles. The summed E-state index contributed by atoms with van der Waals surface area (Å²) in [5.74, 6) is 0.421. The van der Waals surface area contributed by atoms with Crippen molar-refractivity contribution < 1.29 is 19.1 Å². The standard InChI is InChI=1S/C24H34N4O4/c1-15-10-18-7-8-20(22(30)27-13-17(14-27)16-6-5-9-25-12-16)28(18)21(29)19(11-15)26-23(31)32-24(2,3)4/h5-6,9,12,15,17-20H,7-8,10-11,13-14H2,1-4H3,(H,26,31)/t15?,18-,19+,20+/m1/s1. The Morgan fingerprint density at radius 1 is 1.19 bits per heavy atom. The molecule has 8 heteroatoms. The van der Waals surface area contributed by atoms with Crippen LogP contribution in [0.5, 0.6) is 0 Å². The van der Waals surface area contributed by atoms with Gasteiger partial charge in [0, 0.05) is 37.4 Å². The molecule has 3 amide bonds. The zero-order valence-corrected chi connectivity index (χ0v) is 19.4. The van der Waals surface area contributed by atoms with Crippen LogP contribution in [0.1, 0.15) is 64.9 Å². The molecule has 1 aromatic rings. The van der Waals surface area contributed by atoms with Gasteiger partial charge in [-0.2, -0.15) is 0 Å². The highest BCUT2D eigenvalue weighted by Gasteiger charge is 2.48. The lowest BCUT2D eigenvalue weighted by atomic mass is 9.91. The second-order valence-corrected chi connectivity index (χ2v) is 10.5. The van der Waals surface area contributed by atoms with Crippen LogP contribution in [0.3, 0.4) is 0 Å². The minimum atomic E-state index is -0.669. The molecule has 0 bridgehead atoms. The van der Waals surface area contributed by atoms with E-state index in [1.165, 1.54) is 0 Å². The van der Waals surface area contributed by atoms with E-state index in [1.807, 2.05) is 23.2 Å². The molecule has 1 N–H and O–H groups in total. The van der Waals surface area contributed by atoms with Gasteiger partial charge < -0.3 is 19.9 Å². The van der Waals surface area contributed by atoms with Gasteiger partial charge in [-0.1, -0.05) is 13.0 Å². The number of alkyl carbamates (subject to hydrolysis) is 1. The maximum absolute atomic E-state index is 13.5. The average molecular weight is 443 g/mol. The highest BCUT2D eigenvalue weighted by Crippen LogP contribution is 2.36. The fourth-order valence-corrected chi connectivity index (χ4v) is 5.20. The first-order chi connectivity index (χ1) is 15.1. The highest BCUT2D eigenvalue weighted by molar-refractivity contribution is 5.92. The Kier molecular flexibility index (Phi) is 6.14. The number of nitrogens with one attached hydrogen (secondary N) is 1. The first-order valence-corrected chi connectivity index (χ1v) is 11.6. The third-order valence-electron chi connectivity index (χ3n) is 6.69. The summed E-state index contributed by atoms with van der Waals surface area (Å²) in [5.41, 5.74) is 0.502. The van der Waals surface area contributed by atoms with Gasteiger partial charge in [-0.15, -0.1) is 0 Å². The molecule has 0 radical (unpaired) electrons. The van der Waals surface area contributed by atoms with Gasteiger partial charge in [-0.05, 0) is 64.0 Å². The molecule has 8 nitrogen and oxygen atoms in total. The summed E-state index contributed by atoms with van der Waals surface area (Å²) in [6.45, 7) is 8.79. The van der Waals surface area contributed by atoms with E-state index in [0.29, 0.717) is 31.8 Å². The minimum Gasteiger partial charge on any atom is -0.444 e. The number of aromatic nitrogens is 1. The van der Waals surface area contributed by atoms with Crippen molar-refractivity contribution in [1.82, 2.24) is 20.1 Å². The van der Waals surface area contributed by atoms with E-state index in [4.69, 9.17) is 4.74 Å². The molecular formula is C24H34N4O4. The fourth-order valence-electron chi connectivity index (χ4n) is 5.20. The van der Waals surface area contributed by atoms with Crippen LogP contribution in [0.25, 0.3) is 0 Å². The number of carbonyl (C=O) groups excluding carboxylic acids is 3. The van der Waals surface area contributed by atoms with E-state index < -0.39 is 23.8 Å². The Morgan fingerprint density at radius 2 is 1.94 bits per heavy atom. The van der Waals surface area contributed by atoms with Crippen molar-refractivity contribution in [2.75, 3.05) is 13.1 Å². The van der Waals surface area contributed by atoms with E-state index in [0.717, 1.165) is 18.4 Å². The molecule has 0 spiro atoms. The van der Waals surface area contributed by atoms with Crippen molar-refractivity contribution >= 4 is 17.9 Å². The third kappa shape index (κ3) is 4.74. The number of fused-ring (bicyclic) bond motifs is 1. The molecule has 4 atom stereocenters. The molecule has 1 unspecified atom stereocenters. The molecule has 0 saturated carbocycles. The van der Waals surface area contributed by atoms with Crippen LogP contribution < -0.4 is 5.32 Å². The molecule has 174 valence electrons. The number of hydrogen-bond acceptors (Lipinski definition) is 5. The topological polar surface area (TPSA) is 91.8 Å². The van der Waals surface area contributed by atoms with E-state index in [1.54, 1.807) is 31.9 Å². The fraction of sp³-hybridized carbons (Fsp3) is 0.667. The summed E-state index contributed by atoms with van der Waals surface area (Å²) in [5, 5.41) is 2.77. The molecular weight excluding hydrogens is 408 g/mol. The number of nitrogens with zero attached hydrogens (tertiary/aromatic N) is 3. The Hall–Kier alpha value is -2.64. The number of ether oxygens (including phenoxy) is 1.